The van der Waals surface area contributed by atoms with Crippen molar-refractivity contribution >= 4 is 11.9 Å². The van der Waals surface area contributed by atoms with Crippen molar-refractivity contribution < 1.29 is 19.4 Å². The first-order valence-electron chi connectivity index (χ1n) is 9.66. The lowest BCUT2D eigenvalue weighted by molar-refractivity contribution is -0.147. The molecule has 0 aliphatic rings. The van der Waals surface area contributed by atoms with Crippen molar-refractivity contribution in [3.8, 4) is 0 Å². The molecule has 0 fully saturated rings. The standard InChI is InChI=1S/C20H36O4/c1-4-7-9-10-11-12-14-18(17(6-3)13-8-5-2)24-20(23)16-15-19(21)22/h15-18H,4-14H2,1-3H3,(H,21,22). The second kappa shape index (κ2) is 15.2. The van der Waals surface area contributed by atoms with Gasteiger partial charge in [-0.2, -0.15) is 0 Å². The molecule has 24 heavy (non-hydrogen) atoms. The highest BCUT2D eigenvalue weighted by molar-refractivity contribution is 5.90. The molecule has 0 spiro atoms. The van der Waals surface area contributed by atoms with E-state index in [2.05, 4.69) is 20.8 Å². The van der Waals surface area contributed by atoms with Crippen molar-refractivity contribution in [1.29, 1.82) is 0 Å². The summed E-state index contributed by atoms with van der Waals surface area (Å²) in [4.78, 5) is 22.4. The molecule has 0 heterocycles. The first-order chi connectivity index (χ1) is 11.5. The van der Waals surface area contributed by atoms with Crippen LogP contribution in [0.1, 0.15) is 91.4 Å². The fourth-order valence-electron chi connectivity index (χ4n) is 2.96. The number of carboxylic acids is 1. The summed E-state index contributed by atoms with van der Waals surface area (Å²) in [5, 5.41) is 8.62. The van der Waals surface area contributed by atoms with Crippen LogP contribution in [0.25, 0.3) is 0 Å². The van der Waals surface area contributed by atoms with Crippen LogP contribution in [0.15, 0.2) is 12.2 Å². The fourth-order valence-corrected chi connectivity index (χ4v) is 2.96. The van der Waals surface area contributed by atoms with Crippen LogP contribution in [0.3, 0.4) is 0 Å². The Hall–Kier alpha value is -1.32. The van der Waals surface area contributed by atoms with Crippen molar-refractivity contribution in [2.24, 2.45) is 5.92 Å². The summed E-state index contributed by atoms with van der Waals surface area (Å²) in [5.41, 5.74) is 0. The van der Waals surface area contributed by atoms with Crippen molar-refractivity contribution in [2.45, 2.75) is 97.5 Å². The molecule has 0 bridgehead atoms. The van der Waals surface area contributed by atoms with Crippen molar-refractivity contribution in [3.05, 3.63) is 12.2 Å². The zero-order valence-electron chi connectivity index (χ0n) is 15.8. The van der Waals surface area contributed by atoms with Gasteiger partial charge in [-0.1, -0.05) is 65.7 Å². The molecule has 0 saturated carbocycles. The monoisotopic (exact) mass is 340 g/mol. The third kappa shape index (κ3) is 12.1. The maximum Gasteiger partial charge on any atom is 0.331 e. The number of carbonyl (C=O) groups is 2. The number of aliphatic carboxylic acids is 1. The maximum atomic E-state index is 11.9. The Kier molecular flexibility index (Phi) is 14.4. The van der Waals surface area contributed by atoms with Gasteiger partial charge in [0.25, 0.3) is 0 Å². The fraction of sp³-hybridized carbons (Fsp3) is 0.800. The molecule has 1 N–H and O–H groups in total. The summed E-state index contributed by atoms with van der Waals surface area (Å²) in [6, 6.07) is 0. The van der Waals surface area contributed by atoms with E-state index >= 15 is 0 Å². The molecule has 0 amide bonds. The van der Waals surface area contributed by atoms with Gasteiger partial charge in [0.05, 0.1) is 0 Å². The third-order valence-electron chi connectivity index (χ3n) is 4.45. The zero-order valence-corrected chi connectivity index (χ0v) is 15.8. The molecule has 0 radical (unpaired) electrons. The highest BCUT2D eigenvalue weighted by atomic mass is 16.5. The van der Waals surface area contributed by atoms with E-state index in [1.54, 1.807) is 0 Å². The maximum absolute atomic E-state index is 11.9. The summed E-state index contributed by atoms with van der Waals surface area (Å²) < 4.78 is 5.59. The van der Waals surface area contributed by atoms with E-state index in [1.165, 1.54) is 32.1 Å². The highest BCUT2D eigenvalue weighted by Crippen LogP contribution is 2.24. The van der Waals surface area contributed by atoms with Crippen molar-refractivity contribution in [3.63, 3.8) is 0 Å². The van der Waals surface area contributed by atoms with E-state index in [0.29, 0.717) is 5.92 Å². The van der Waals surface area contributed by atoms with Crippen LogP contribution >= 0.6 is 0 Å². The van der Waals surface area contributed by atoms with E-state index in [4.69, 9.17) is 9.84 Å². The molecule has 0 aromatic heterocycles. The van der Waals surface area contributed by atoms with Gasteiger partial charge in [0.2, 0.25) is 0 Å². The predicted molar refractivity (Wildman–Crippen MR) is 98.0 cm³/mol. The van der Waals surface area contributed by atoms with E-state index < -0.39 is 11.9 Å². The van der Waals surface area contributed by atoms with Gasteiger partial charge in [-0.15, -0.1) is 0 Å². The van der Waals surface area contributed by atoms with E-state index in [0.717, 1.165) is 50.7 Å². The first kappa shape index (κ1) is 22.7. The predicted octanol–water partition coefficient (Wildman–Crippen LogP) is 5.51. The van der Waals surface area contributed by atoms with Gasteiger partial charge in [-0.3, -0.25) is 0 Å². The van der Waals surface area contributed by atoms with E-state index in [9.17, 15) is 9.59 Å². The summed E-state index contributed by atoms with van der Waals surface area (Å²) in [6.07, 6.45) is 14.2. The number of carboxylic acid groups (broad SMARTS) is 1. The minimum absolute atomic E-state index is 0.0985. The van der Waals surface area contributed by atoms with Crippen LogP contribution < -0.4 is 0 Å². The topological polar surface area (TPSA) is 63.6 Å². The molecule has 4 nitrogen and oxygen atoms in total. The smallest absolute Gasteiger partial charge is 0.331 e. The summed E-state index contributed by atoms with van der Waals surface area (Å²) >= 11 is 0. The number of ether oxygens (including phenoxy) is 1. The summed E-state index contributed by atoms with van der Waals surface area (Å²) in [5.74, 6) is -1.30. The average Bonchev–Trinajstić information content (AvgIpc) is 2.56. The number of hydrogen-bond donors (Lipinski definition) is 1. The number of hydrogen-bond acceptors (Lipinski definition) is 3. The van der Waals surface area contributed by atoms with Gasteiger partial charge < -0.3 is 9.84 Å². The Morgan fingerprint density at radius 1 is 0.875 bits per heavy atom. The summed E-state index contributed by atoms with van der Waals surface area (Å²) in [7, 11) is 0. The van der Waals surface area contributed by atoms with Crippen LogP contribution in [0, 0.1) is 5.92 Å². The van der Waals surface area contributed by atoms with E-state index in [1.807, 2.05) is 0 Å². The second-order valence-corrected chi connectivity index (χ2v) is 6.51. The molecule has 4 heteroatoms. The van der Waals surface area contributed by atoms with Crippen molar-refractivity contribution in [1.82, 2.24) is 0 Å². The van der Waals surface area contributed by atoms with Gasteiger partial charge in [-0.25, -0.2) is 9.59 Å². The molecule has 2 atom stereocenters. The molecule has 0 rings (SSSR count). The summed E-state index contributed by atoms with van der Waals surface area (Å²) in [6.45, 7) is 6.51. The zero-order chi connectivity index (χ0) is 18.2. The van der Waals surface area contributed by atoms with Crippen LogP contribution in [0.4, 0.5) is 0 Å². The lowest BCUT2D eigenvalue weighted by Gasteiger charge is -2.26. The van der Waals surface area contributed by atoms with Crippen LogP contribution in [0.5, 0.6) is 0 Å². The molecule has 0 aromatic carbocycles. The van der Waals surface area contributed by atoms with Crippen LogP contribution in [-0.4, -0.2) is 23.1 Å². The van der Waals surface area contributed by atoms with Gasteiger partial charge in [0.15, 0.2) is 0 Å². The molecule has 0 aliphatic carbocycles. The second-order valence-electron chi connectivity index (χ2n) is 6.51. The van der Waals surface area contributed by atoms with Gasteiger partial charge >= 0.3 is 11.9 Å². The minimum Gasteiger partial charge on any atom is -0.478 e. The Labute approximate surface area is 147 Å². The number of esters is 1. The average molecular weight is 341 g/mol. The normalized spacial score (nSPS) is 13.8. The first-order valence-corrected chi connectivity index (χ1v) is 9.66. The number of carbonyl (C=O) groups excluding carboxylic acids is 1. The largest absolute Gasteiger partial charge is 0.478 e. The molecule has 2 unspecified atom stereocenters. The molecular formula is C20H36O4. The number of rotatable bonds is 15. The molecule has 0 saturated heterocycles. The molecular weight excluding hydrogens is 304 g/mol. The van der Waals surface area contributed by atoms with Crippen molar-refractivity contribution in [2.75, 3.05) is 0 Å². The third-order valence-corrected chi connectivity index (χ3v) is 4.45. The quantitative estimate of drug-likeness (QED) is 0.243. The SMILES string of the molecule is CCCCCCCCC(OC(=O)C=CC(=O)O)C(CC)CCCC. The number of unbranched alkanes of at least 4 members (excludes halogenated alkanes) is 6. The van der Waals surface area contributed by atoms with Crippen LogP contribution in [-0.2, 0) is 14.3 Å². The Morgan fingerprint density at radius 2 is 1.50 bits per heavy atom. The Balaban J connectivity index is 4.51. The Morgan fingerprint density at radius 3 is 2.08 bits per heavy atom. The lowest BCUT2D eigenvalue weighted by Crippen LogP contribution is -2.26. The van der Waals surface area contributed by atoms with Crippen LogP contribution in [0.2, 0.25) is 0 Å². The highest BCUT2D eigenvalue weighted by Gasteiger charge is 2.22. The van der Waals surface area contributed by atoms with E-state index in [-0.39, 0.29) is 6.10 Å². The molecule has 140 valence electrons. The molecule has 0 aromatic rings. The molecule has 0 aliphatic heterocycles. The van der Waals surface area contributed by atoms with Gasteiger partial charge in [0, 0.05) is 12.2 Å². The Bertz CT molecular complexity index is 363. The lowest BCUT2D eigenvalue weighted by atomic mass is 9.90. The minimum atomic E-state index is -1.13. The van der Waals surface area contributed by atoms with Gasteiger partial charge in [-0.05, 0) is 31.6 Å². The van der Waals surface area contributed by atoms with Gasteiger partial charge in [0.1, 0.15) is 6.10 Å².